The lowest BCUT2D eigenvalue weighted by Crippen LogP contribution is -2.33. The van der Waals surface area contributed by atoms with Crippen LogP contribution in [0, 0.1) is 11.3 Å². The Balaban J connectivity index is 1.97. The molecular weight excluding hydrogens is 262 g/mol. The second-order valence-electron chi connectivity index (χ2n) is 7.16. The summed E-state index contributed by atoms with van der Waals surface area (Å²) in [5, 5.41) is 6.33. The largest absolute Gasteiger partial charge is 0.351 e. The number of benzene rings is 1. The first-order valence-corrected chi connectivity index (χ1v) is 7.69. The average Bonchev–Trinajstić information content (AvgIpc) is 2.62. The van der Waals surface area contributed by atoms with Crippen LogP contribution < -0.4 is 16.4 Å². The maximum absolute atomic E-state index is 10.8. The molecule has 116 valence electrons. The number of rotatable bonds is 4. The number of hydrogen-bond acceptors (Lipinski definition) is 2. The van der Waals surface area contributed by atoms with Gasteiger partial charge in [0.25, 0.3) is 0 Å². The molecule has 0 aromatic heterocycles. The third-order valence-corrected chi connectivity index (χ3v) is 4.48. The highest BCUT2D eigenvalue weighted by Gasteiger charge is 2.36. The van der Waals surface area contributed by atoms with Crippen LogP contribution in [0.4, 0.5) is 10.5 Å². The molecule has 0 bridgehead atoms. The lowest BCUT2D eigenvalue weighted by atomic mass is 9.91. The average molecular weight is 289 g/mol. The number of carbonyl (C=O) groups excluding carboxylic acids is 1. The van der Waals surface area contributed by atoms with E-state index in [4.69, 9.17) is 5.73 Å². The maximum Gasteiger partial charge on any atom is 0.316 e. The van der Waals surface area contributed by atoms with Crippen molar-refractivity contribution in [2.75, 3.05) is 5.32 Å². The molecule has 1 aromatic rings. The smallest absolute Gasteiger partial charge is 0.316 e. The van der Waals surface area contributed by atoms with E-state index < -0.39 is 6.03 Å². The van der Waals surface area contributed by atoms with Gasteiger partial charge in [-0.25, -0.2) is 4.79 Å². The minimum absolute atomic E-state index is 0.300. The molecule has 1 saturated carbocycles. The predicted octanol–water partition coefficient (Wildman–Crippen LogP) is 3.65. The molecule has 1 aliphatic carbocycles. The van der Waals surface area contributed by atoms with Gasteiger partial charge in [0.1, 0.15) is 0 Å². The highest BCUT2D eigenvalue weighted by molar-refractivity contribution is 5.87. The van der Waals surface area contributed by atoms with Gasteiger partial charge in [0.2, 0.25) is 0 Å². The molecular formula is C17H27N3O. The Hall–Kier alpha value is -1.55. The van der Waals surface area contributed by atoms with Gasteiger partial charge in [-0.05, 0) is 48.8 Å². The van der Waals surface area contributed by atoms with Gasteiger partial charge in [-0.3, -0.25) is 0 Å². The van der Waals surface area contributed by atoms with E-state index in [0.717, 1.165) is 5.69 Å². The van der Waals surface area contributed by atoms with Crippen LogP contribution >= 0.6 is 0 Å². The fourth-order valence-corrected chi connectivity index (χ4v) is 3.53. The third-order valence-electron chi connectivity index (χ3n) is 4.48. The fourth-order valence-electron chi connectivity index (χ4n) is 3.53. The molecule has 21 heavy (non-hydrogen) atoms. The molecule has 1 aromatic carbocycles. The van der Waals surface area contributed by atoms with Crippen molar-refractivity contribution in [1.82, 2.24) is 5.32 Å². The third kappa shape index (κ3) is 4.21. The minimum Gasteiger partial charge on any atom is -0.351 e. The Morgan fingerprint density at radius 1 is 1.29 bits per heavy atom. The number of urea groups is 1. The van der Waals surface area contributed by atoms with Crippen molar-refractivity contribution in [1.29, 1.82) is 0 Å². The number of carbonyl (C=O) groups is 1. The number of primary amides is 1. The van der Waals surface area contributed by atoms with E-state index >= 15 is 0 Å². The zero-order valence-corrected chi connectivity index (χ0v) is 13.4. The van der Waals surface area contributed by atoms with Crippen LogP contribution in [0.15, 0.2) is 24.3 Å². The topological polar surface area (TPSA) is 67.2 Å². The van der Waals surface area contributed by atoms with Crippen LogP contribution in [0.2, 0.25) is 0 Å². The zero-order valence-electron chi connectivity index (χ0n) is 13.4. The van der Waals surface area contributed by atoms with Crippen molar-refractivity contribution in [3.8, 4) is 0 Å². The normalized spacial score (nSPS) is 25.5. The van der Waals surface area contributed by atoms with Gasteiger partial charge in [0.05, 0.1) is 0 Å². The zero-order chi connectivity index (χ0) is 15.6. The Bertz CT molecular complexity index is 495. The van der Waals surface area contributed by atoms with Crippen molar-refractivity contribution in [2.45, 2.75) is 52.6 Å². The summed E-state index contributed by atoms with van der Waals surface area (Å²) >= 11 is 0. The molecule has 0 saturated heterocycles. The van der Waals surface area contributed by atoms with Gasteiger partial charge in [-0.1, -0.05) is 32.9 Å². The van der Waals surface area contributed by atoms with E-state index in [9.17, 15) is 4.79 Å². The molecule has 0 aliphatic heterocycles. The molecule has 3 atom stereocenters. The number of nitrogens with two attached hydrogens (primary N) is 1. The molecule has 0 radical (unpaired) electrons. The Morgan fingerprint density at radius 2 is 1.90 bits per heavy atom. The molecule has 2 rings (SSSR count). The number of hydrogen-bond donors (Lipinski definition) is 3. The van der Waals surface area contributed by atoms with Crippen molar-refractivity contribution in [3.05, 3.63) is 29.8 Å². The van der Waals surface area contributed by atoms with Gasteiger partial charge in [-0.15, -0.1) is 0 Å². The molecule has 4 nitrogen and oxygen atoms in total. The van der Waals surface area contributed by atoms with E-state index in [1.165, 1.54) is 18.4 Å². The molecule has 4 N–H and O–H groups in total. The number of amides is 2. The highest BCUT2D eigenvalue weighted by Crippen LogP contribution is 2.41. The van der Waals surface area contributed by atoms with Crippen molar-refractivity contribution < 1.29 is 4.79 Å². The van der Waals surface area contributed by atoms with Crippen LogP contribution in [0.25, 0.3) is 0 Å². The summed E-state index contributed by atoms with van der Waals surface area (Å²) in [6.07, 6.45) is 2.50. The summed E-state index contributed by atoms with van der Waals surface area (Å²) in [5.74, 6) is 0.707. The fraction of sp³-hybridized carbons (Fsp3) is 0.588. The second-order valence-corrected chi connectivity index (χ2v) is 7.16. The standard InChI is InChI=1S/C17H27N3O/c1-11-9-17(3,4)10-15(11)19-12(2)13-5-7-14(8-6-13)20-16(18)21/h5-8,11-12,15,19H,9-10H2,1-4H3,(H3,18,20,21). The van der Waals surface area contributed by atoms with Gasteiger partial charge in [-0.2, -0.15) is 0 Å². The number of anilines is 1. The Kier molecular flexibility index (Phi) is 4.57. The van der Waals surface area contributed by atoms with Gasteiger partial charge in [0.15, 0.2) is 0 Å². The SMILES string of the molecule is CC(NC1CC(C)(C)CC1C)c1ccc(NC(N)=O)cc1. The molecule has 4 heteroatoms. The molecule has 0 spiro atoms. The maximum atomic E-state index is 10.8. The molecule has 1 fully saturated rings. The Morgan fingerprint density at radius 3 is 2.38 bits per heavy atom. The van der Waals surface area contributed by atoms with Crippen LogP contribution in [0.5, 0.6) is 0 Å². The monoisotopic (exact) mass is 289 g/mol. The summed E-state index contributed by atoms with van der Waals surface area (Å²) in [5.41, 5.74) is 7.50. The Labute approximate surface area is 127 Å². The van der Waals surface area contributed by atoms with E-state index in [1.807, 2.05) is 24.3 Å². The molecule has 1 aliphatic rings. The highest BCUT2D eigenvalue weighted by atomic mass is 16.2. The molecule has 3 unspecified atom stereocenters. The minimum atomic E-state index is -0.532. The summed E-state index contributed by atoms with van der Waals surface area (Å²) in [4.78, 5) is 10.8. The lowest BCUT2D eigenvalue weighted by molar-refractivity contribution is 0.259. The summed E-state index contributed by atoms with van der Waals surface area (Å²) in [6.45, 7) is 9.22. The first kappa shape index (κ1) is 15.8. The summed E-state index contributed by atoms with van der Waals surface area (Å²) < 4.78 is 0. The quantitative estimate of drug-likeness (QED) is 0.792. The van der Waals surface area contributed by atoms with Crippen molar-refractivity contribution in [3.63, 3.8) is 0 Å². The van der Waals surface area contributed by atoms with E-state index in [0.29, 0.717) is 23.4 Å². The first-order valence-electron chi connectivity index (χ1n) is 7.69. The second kappa shape index (κ2) is 6.06. The van der Waals surface area contributed by atoms with Crippen LogP contribution in [-0.2, 0) is 0 Å². The van der Waals surface area contributed by atoms with E-state index in [2.05, 4.69) is 38.3 Å². The lowest BCUT2D eigenvalue weighted by Gasteiger charge is -2.24. The van der Waals surface area contributed by atoms with Gasteiger partial charge in [0, 0.05) is 17.8 Å². The van der Waals surface area contributed by atoms with Crippen molar-refractivity contribution in [2.24, 2.45) is 17.1 Å². The van der Waals surface area contributed by atoms with Gasteiger partial charge >= 0.3 is 6.03 Å². The van der Waals surface area contributed by atoms with Crippen molar-refractivity contribution >= 4 is 11.7 Å². The molecule has 0 heterocycles. The first-order chi connectivity index (χ1) is 9.77. The van der Waals surface area contributed by atoms with E-state index in [-0.39, 0.29) is 0 Å². The summed E-state index contributed by atoms with van der Waals surface area (Å²) in [7, 11) is 0. The van der Waals surface area contributed by atoms with E-state index in [1.54, 1.807) is 0 Å². The predicted molar refractivity (Wildman–Crippen MR) is 87.2 cm³/mol. The van der Waals surface area contributed by atoms with Crippen LogP contribution in [0.3, 0.4) is 0 Å². The number of nitrogens with one attached hydrogen (secondary N) is 2. The molecule has 2 amide bonds. The summed E-state index contributed by atoms with van der Waals surface area (Å²) in [6, 6.07) is 8.19. The van der Waals surface area contributed by atoms with Crippen LogP contribution in [0.1, 0.15) is 52.1 Å². The van der Waals surface area contributed by atoms with Gasteiger partial charge < -0.3 is 16.4 Å². The van der Waals surface area contributed by atoms with Crippen LogP contribution in [-0.4, -0.2) is 12.1 Å².